The zero-order valence-corrected chi connectivity index (χ0v) is 15.3. The zero-order chi connectivity index (χ0) is 17.1. The third kappa shape index (κ3) is 3.62. The van der Waals surface area contributed by atoms with Crippen LogP contribution in [0.25, 0.3) is 21.9 Å². The minimum absolute atomic E-state index is 0.767. The molecule has 126 valence electrons. The predicted molar refractivity (Wildman–Crippen MR) is 109 cm³/mol. The molecule has 0 bridgehead atoms. The zero-order valence-electron chi connectivity index (χ0n) is 13.7. The van der Waals surface area contributed by atoms with Crippen molar-refractivity contribution >= 4 is 50.0 Å². The molecule has 0 fully saturated rings. The number of rotatable bonds is 6. The molecule has 4 rings (SSSR count). The number of nitrogens with one attached hydrogen (secondary N) is 1. The summed E-state index contributed by atoms with van der Waals surface area (Å²) in [6.45, 7) is 0. The van der Waals surface area contributed by atoms with Crippen molar-refractivity contribution in [3.8, 4) is 0 Å². The Hall–Kier alpha value is -2.11. The van der Waals surface area contributed by atoms with Crippen LogP contribution in [-0.4, -0.2) is 14.3 Å². The van der Waals surface area contributed by atoms with Crippen LogP contribution < -0.4 is 0 Å². The summed E-state index contributed by atoms with van der Waals surface area (Å²) >= 11 is 7.23. The number of aromatic amines is 1. The van der Waals surface area contributed by atoms with E-state index in [4.69, 9.17) is 16.7 Å². The number of thiocarbonyl (C=S) groups is 1. The van der Waals surface area contributed by atoms with Crippen molar-refractivity contribution in [2.45, 2.75) is 25.0 Å². The Kier molecular flexibility index (Phi) is 4.85. The summed E-state index contributed by atoms with van der Waals surface area (Å²) in [6, 6.07) is 16.4. The van der Waals surface area contributed by atoms with Crippen LogP contribution >= 0.6 is 24.0 Å². The summed E-state index contributed by atoms with van der Waals surface area (Å²) in [5, 5.41) is 6.56. The molecule has 0 amide bonds. The quantitative estimate of drug-likeness (QED) is 0.432. The monoisotopic (exact) mass is 366 g/mol. The van der Waals surface area contributed by atoms with Crippen LogP contribution in [-0.2, 0) is 12.2 Å². The highest BCUT2D eigenvalue weighted by Gasteiger charge is 2.09. The van der Waals surface area contributed by atoms with Crippen LogP contribution in [0, 0.1) is 0 Å². The van der Waals surface area contributed by atoms with E-state index in [2.05, 4.69) is 40.6 Å². The van der Waals surface area contributed by atoms with Crippen molar-refractivity contribution < 1.29 is 4.52 Å². The van der Waals surface area contributed by atoms with Crippen molar-refractivity contribution in [1.82, 2.24) is 10.1 Å². The van der Waals surface area contributed by atoms with Crippen molar-refractivity contribution in [1.29, 1.82) is 0 Å². The van der Waals surface area contributed by atoms with Gasteiger partial charge in [0.1, 0.15) is 5.69 Å². The molecule has 2 aromatic carbocycles. The highest BCUT2D eigenvalue weighted by molar-refractivity contribution is 8.22. The fourth-order valence-corrected chi connectivity index (χ4v) is 4.14. The molecule has 0 aliphatic carbocycles. The molecule has 0 spiro atoms. The maximum atomic E-state index is 5.54. The number of hydrogen-bond acceptors (Lipinski definition) is 4. The van der Waals surface area contributed by atoms with Crippen LogP contribution in [0.5, 0.6) is 0 Å². The number of benzene rings is 2. The molecule has 0 radical (unpaired) electrons. The van der Waals surface area contributed by atoms with Crippen molar-refractivity contribution in [2.24, 2.45) is 0 Å². The number of aromatic nitrogens is 2. The van der Waals surface area contributed by atoms with E-state index in [1.807, 2.05) is 24.3 Å². The fourth-order valence-electron chi connectivity index (χ4n) is 3.02. The molecule has 5 heteroatoms. The molecule has 0 saturated carbocycles. The predicted octanol–water partition coefficient (Wildman–Crippen LogP) is 5.89. The molecule has 0 aliphatic heterocycles. The number of thioether (sulfide) groups is 1. The third-order valence-electron chi connectivity index (χ3n) is 4.32. The van der Waals surface area contributed by atoms with Gasteiger partial charge in [-0.25, -0.2) is 0 Å². The van der Waals surface area contributed by atoms with Gasteiger partial charge in [-0.05, 0) is 43.0 Å². The Labute approximate surface area is 155 Å². The van der Waals surface area contributed by atoms with Gasteiger partial charge in [-0.1, -0.05) is 47.7 Å². The smallest absolute Gasteiger partial charge is 0.167 e. The van der Waals surface area contributed by atoms with E-state index >= 15 is 0 Å². The molecule has 0 saturated heterocycles. The summed E-state index contributed by atoms with van der Waals surface area (Å²) in [6.07, 6.45) is 5.16. The second kappa shape index (κ2) is 7.42. The molecule has 4 aromatic rings. The topological polar surface area (TPSA) is 41.8 Å². The van der Waals surface area contributed by atoms with E-state index in [1.54, 1.807) is 11.8 Å². The largest absolute Gasteiger partial charge is 0.361 e. The van der Waals surface area contributed by atoms with Gasteiger partial charge >= 0.3 is 0 Å². The van der Waals surface area contributed by atoms with E-state index in [0.29, 0.717) is 0 Å². The van der Waals surface area contributed by atoms with Crippen LogP contribution in [0.3, 0.4) is 0 Å². The molecular formula is C20H18N2OS2. The number of H-pyrrole nitrogens is 1. The number of aryl methyl sites for hydroxylation is 1. The third-order valence-corrected chi connectivity index (χ3v) is 5.83. The lowest BCUT2D eigenvalue weighted by Gasteiger charge is -2.03. The lowest BCUT2D eigenvalue weighted by molar-refractivity contribution is 0.449. The van der Waals surface area contributed by atoms with Gasteiger partial charge in [0.05, 0.1) is 0 Å². The lowest BCUT2D eigenvalue weighted by Crippen LogP contribution is -1.93. The van der Waals surface area contributed by atoms with Gasteiger partial charge in [-0.15, -0.1) is 11.8 Å². The second-order valence-corrected chi connectivity index (χ2v) is 7.82. The van der Waals surface area contributed by atoms with Crippen molar-refractivity contribution in [3.63, 3.8) is 0 Å². The van der Waals surface area contributed by atoms with Crippen LogP contribution in [0.2, 0.25) is 0 Å². The molecule has 25 heavy (non-hydrogen) atoms. The minimum Gasteiger partial charge on any atom is -0.361 e. The molecule has 2 aromatic heterocycles. The lowest BCUT2D eigenvalue weighted by atomic mass is 10.1. The minimum atomic E-state index is 0.767. The molecule has 0 unspecified atom stereocenters. The van der Waals surface area contributed by atoms with Gasteiger partial charge in [0.15, 0.2) is 5.58 Å². The number of fused-ring (bicyclic) bond motifs is 2. The average molecular weight is 367 g/mol. The van der Waals surface area contributed by atoms with Crippen LogP contribution in [0.1, 0.15) is 24.1 Å². The van der Waals surface area contributed by atoms with Gasteiger partial charge in [0.25, 0.3) is 0 Å². The molecule has 1 N–H and O–H groups in total. The highest BCUT2D eigenvalue weighted by atomic mass is 32.2. The van der Waals surface area contributed by atoms with Gasteiger partial charge in [0.2, 0.25) is 0 Å². The summed E-state index contributed by atoms with van der Waals surface area (Å²) in [7, 11) is 0. The Morgan fingerprint density at radius 3 is 2.80 bits per heavy atom. The van der Waals surface area contributed by atoms with Gasteiger partial charge in [0, 0.05) is 32.4 Å². The first-order valence-electron chi connectivity index (χ1n) is 8.35. The Morgan fingerprint density at radius 2 is 1.88 bits per heavy atom. The number of nitrogens with zero attached hydrogens (tertiary/aromatic N) is 1. The molecular weight excluding hydrogens is 348 g/mol. The summed E-state index contributed by atoms with van der Waals surface area (Å²) in [4.78, 5) is 3.33. The van der Waals surface area contributed by atoms with Crippen molar-refractivity contribution in [3.05, 3.63) is 66.0 Å². The Morgan fingerprint density at radius 1 is 1.08 bits per heavy atom. The molecule has 0 aliphatic rings. The SMILES string of the molecule is S=C(CCCc1c[nH]c2ccccc12)SCc1noc2ccccc12. The van der Waals surface area contributed by atoms with Gasteiger partial charge in [-0.3, -0.25) is 0 Å². The fraction of sp³-hybridized carbons (Fsp3) is 0.200. The maximum Gasteiger partial charge on any atom is 0.167 e. The first-order chi connectivity index (χ1) is 12.3. The van der Waals surface area contributed by atoms with Gasteiger partial charge < -0.3 is 9.51 Å². The van der Waals surface area contributed by atoms with E-state index in [-0.39, 0.29) is 0 Å². The number of para-hydroxylation sites is 2. The average Bonchev–Trinajstić information content (AvgIpc) is 3.24. The van der Waals surface area contributed by atoms with E-state index in [0.717, 1.165) is 45.9 Å². The Bertz CT molecular complexity index is 1020. The second-order valence-electron chi connectivity index (χ2n) is 6.00. The van der Waals surface area contributed by atoms with E-state index in [9.17, 15) is 0 Å². The normalized spacial score (nSPS) is 11.4. The molecule has 2 heterocycles. The molecule has 3 nitrogen and oxygen atoms in total. The van der Waals surface area contributed by atoms with Crippen LogP contribution in [0.15, 0.2) is 59.3 Å². The summed E-state index contributed by atoms with van der Waals surface area (Å²) in [5.41, 5.74) is 4.38. The van der Waals surface area contributed by atoms with Gasteiger partial charge in [-0.2, -0.15) is 0 Å². The maximum absolute atomic E-state index is 5.54. The molecule has 0 atom stereocenters. The standard InChI is InChI=1S/C20H18N2OS2/c24-20(25-13-18-16-8-2-4-10-19(16)23-22-18)11-5-6-14-12-21-17-9-3-1-7-15(14)17/h1-4,7-10,12,21H,5-6,11,13H2. The van der Waals surface area contributed by atoms with Crippen LogP contribution in [0.4, 0.5) is 0 Å². The van der Waals surface area contributed by atoms with E-state index < -0.39 is 0 Å². The first kappa shape index (κ1) is 16.4. The highest BCUT2D eigenvalue weighted by Crippen LogP contribution is 2.25. The first-order valence-corrected chi connectivity index (χ1v) is 9.74. The Balaban J connectivity index is 1.29. The summed E-state index contributed by atoms with van der Waals surface area (Å²) < 4.78 is 6.38. The van der Waals surface area contributed by atoms with Crippen molar-refractivity contribution in [2.75, 3.05) is 0 Å². The number of hydrogen-bond donors (Lipinski definition) is 1. The summed E-state index contributed by atoms with van der Waals surface area (Å²) in [5.74, 6) is 0.767. The van der Waals surface area contributed by atoms with E-state index in [1.165, 1.54) is 16.5 Å².